The summed E-state index contributed by atoms with van der Waals surface area (Å²) in [6.07, 6.45) is 0.515. The Morgan fingerprint density at radius 3 is 2.70 bits per heavy atom. The van der Waals surface area contributed by atoms with Crippen molar-refractivity contribution in [2.45, 2.75) is 6.42 Å². The van der Waals surface area contributed by atoms with Crippen LogP contribution in [0.4, 0.5) is 10.1 Å². The molecule has 0 aliphatic rings. The molecule has 0 radical (unpaired) electrons. The van der Waals surface area contributed by atoms with Crippen molar-refractivity contribution in [2.75, 3.05) is 0 Å². The van der Waals surface area contributed by atoms with E-state index in [2.05, 4.69) is 4.98 Å². The Labute approximate surface area is 117 Å². The van der Waals surface area contributed by atoms with Gasteiger partial charge in [-0.2, -0.15) is 0 Å². The van der Waals surface area contributed by atoms with Crippen molar-refractivity contribution in [3.63, 3.8) is 0 Å². The number of nitrogens with zero attached hydrogens (tertiary/aromatic N) is 2. The molecule has 0 saturated carbocycles. The van der Waals surface area contributed by atoms with Crippen molar-refractivity contribution in [1.82, 2.24) is 4.98 Å². The minimum atomic E-state index is -0.424. The first-order valence-corrected chi connectivity index (χ1v) is 6.76. The molecule has 0 aliphatic carbocycles. The van der Waals surface area contributed by atoms with E-state index in [-0.39, 0.29) is 11.5 Å². The number of hydrogen-bond donors (Lipinski definition) is 0. The molecule has 0 N–H and O–H groups in total. The van der Waals surface area contributed by atoms with Gasteiger partial charge in [0.2, 0.25) is 0 Å². The highest BCUT2D eigenvalue weighted by atomic mass is 32.1. The summed E-state index contributed by atoms with van der Waals surface area (Å²) in [5.74, 6) is -0.296. The van der Waals surface area contributed by atoms with Crippen molar-refractivity contribution < 1.29 is 9.31 Å². The number of rotatable bonds is 3. The number of benzene rings is 2. The number of thiazole rings is 1. The molecule has 2 aromatic carbocycles. The zero-order valence-electron chi connectivity index (χ0n) is 10.2. The first-order chi connectivity index (χ1) is 9.63. The van der Waals surface area contributed by atoms with E-state index in [0.717, 1.165) is 15.8 Å². The normalized spacial score (nSPS) is 10.8. The molecule has 0 aliphatic heterocycles. The monoisotopic (exact) mass is 288 g/mol. The van der Waals surface area contributed by atoms with Crippen molar-refractivity contribution in [3.05, 3.63) is 69.0 Å². The highest BCUT2D eigenvalue weighted by Crippen LogP contribution is 2.29. The van der Waals surface area contributed by atoms with Gasteiger partial charge >= 0.3 is 0 Å². The molecule has 20 heavy (non-hydrogen) atoms. The zero-order valence-corrected chi connectivity index (χ0v) is 11.1. The topological polar surface area (TPSA) is 56.0 Å². The molecule has 0 atom stereocenters. The summed E-state index contributed by atoms with van der Waals surface area (Å²) >= 11 is 1.45. The van der Waals surface area contributed by atoms with Crippen LogP contribution in [-0.2, 0) is 6.42 Å². The third kappa shape index (κ3) is 2.37. The number of fused-ring (bicyclic) bond motifs is 1. The van der Waals surface area contributed by atoms with E-state index in [4.69, 9.17) is 0 Å². The van der Waals surface area contributed by atoms with Gasteiger partial charge in [0.1, 0.15) is 5.82 Å². The fourth-order valence-corrected chi connectivity index (χ4v) is 2.87. The molecule has 3 rings (SSSR count). The molecule has 0 saturated heterocycles. The number of halogens is 1. The Kier molecular flexibility index (Phi) is 3.15. The van der Waals surface area contributed by atoms with E-state index < -0.39 is 4.92 Å². The van der Waals surface area contributed by atoms with Crippen molar-refractivity contribution in [3.8, 4) is 0 Å². The highest BCUT2D eigenvalue weighted by molar-refractivity contribution is 7.17. The second-order valence-electron chi connectivity index (χ2n) is 4.37. The van der Waals surface area contributed by atoms with Crippen LogP contribution in [0.15, 0.2) is 41.9 Å². The third-order valence-electron chi connectivity index (χ3n) is 3.01. The van der Waals surface area contributed by atoms with Crippen LogP contribution in [0, 0.1) is 15.9 Å². The van der Waals surface area contributed by atoms with Crippen molar-refractivity contribution >= 4 is 27.2 Å². The van der Waals surface area contributed by atoms with E-state index in [0.29, 0.717) is 11.9 Å². The second-order valence-corrected chi connectivity index (χ2v) is 5.22. The number of non-ortho nitro benzene ring substituents is 1. The van der Waals surface area contributed by atoms with Gasteiger partial charge in [0.15, 0.2) is 0 Å². The van der Waals surface area contributed by atoms with Gasteiger partial charge in [-0.3, -0.25) is 10.1 Å². The molecule has 0 bridgehead atoms. The SMILES string of the molecule is O=[N+]([O-])c1cc(Cc2ccc(F)cc2)c2scnc2c1. The summed E-state index contributed by atoms with van der Waals surface area (Å²) < 4.78 is 13.8. The molecule has 100 valence electrons. The van der Waals surface area contributed by atoms with Crippen LogP contribution in [0.3, 0.4) is 0 Å². The summed E-state index contributed by atoms with van der Waals surface area (Å²) in [7, 11) is 0. The van der Waals surface area contributed by atoms with Crippen molar-refractivity contribution in [1.29, 1.82) is 0 Å². The molecule has 0 spiro atoms. The standard InChI is InChI=1S/C14H9FN2O2S/c15-11-3-1-9(2-4-11)5-10-6-12(17(18)19)7-13-14(10)20-8-16-13/h1-4,6-8H,5H2. The number of nitro groups is 1. The molecule has 3 aromatic rings. The fourth-order valence-electron chi connectivity index (χ4n) is 2.08. The lowest BCUT2D eigenvalue weighted by molar-refractivity contribution is -0.384. The van der Waals surface area contributed by atoms with Crippen molar-refractivity contribution in [2.24, 2.45) is 0 Å². The maximum Gasteiger partial charge on any atom is 0.271 e. The second kappa shape index (κ2) is 4.97. The Bertz CT molecular complexity index is 783. The Balaban J connectivity index is 2.07. The smallest absolute Gasteiger partial charge is 0.258 e. The molecule has 1 heterocycles. The predicted molar refractivity (Wildman–Crippen MR) is 75.5 cm³/mol. The van der Waals surface area contributed by atoms with Crippen LogP contribution in [0.5, 0.6) is 0 Å². The van der Waals surface area contributed by atoms with E-state index >= 15 is 0 Å². The van der Waals surface area contributed by atoms with Gasteiger partial charge in [0.25, 0.3) is 5.69 Å². The average molecular weight is 288 g/mol. The van der Waals surface area contributed by atoms with Gasteiger partial charge in [0, 0.05) is 12.1 Å². The van der Waals surface area contributed by atoms with E-state index in [9.17, 15) is 14.5 Å². The summed E-state index contributed by atoms with van der Waals surface area (Å²) in [4.78, 5) is 14.7. The largest absolute Gasteiger partial charge is 0.271 e. The molecule has 0 fully saturated rings. The molecule has 6 heteroatoms. The van der Waals surface area contributed by atoms with Crippen LogP contribution in [0.2, 0.25) is 0 Å². The first kappa shape index (κ1) is 12.7. The van der Waals surface area contributed by atoms with Gasteiger partial charge in [-0.15, -0.1) is 11.3 Å². The molecule has 4 nitrogen and oxygen atoms in total. The molecular weight excluding hydrogens is 279 g/mol. The first-order valence-electron chi connectivity index (χ1n) is 5.88. The zero-order chi connectivity index (χ0) is 14.1. The fraction of sp³-hybridized carbons (Fsp3) is 0.0714. The van der Waals surface area contributed by atoms with Gasteiger partial charge in [-0.05, 0) is 29.7 Å². The molecule has 0 unspecified atom stereocenters. The van der Waals surface area contributed by atoms with Crippen LogP contribution in [0.25, 0.3) is 10.2 Å². The maximum atomic E-state index is 12.9. The number of nitro benzene ring substituents is 1. The molecular formula is C14H9FN2O2S. The number of hydrogen-bond acceptors (Lipinski definition) is 4. The van der Waals surface area contributed by atoms with Gasteiger partial charge < -0.3 is 0 Å². The number of aromatic nitrogens is 1. The summed E-state index contributed by atoms with van der Waals surface area (Å²) in [5.41, 5.74) is 4.06. The van der Waals surface area contributed by atoms with Crippen LogP contribution in [0.1, 0.15) is 11.1 Å². The Hall–Kier alpha value is -2.34. The highest BCUT2D eigenvalue weighted by Gasteiger charge is 2.13. The van der Waals surface area contributed by atoms with Crippen LogP contribution >= 0.6 is 11.3 Å². The maximum absolute atomic E-state index is 12.9. The summed E-state index contributed by atoms with van der Waals surface area (Å²) in [5, 5.41) is 10.9. The van der Waals surface area contributed by atoms with Crippen LogP contribution in [-0.4, -0.2) is 9.91 Å². The lowest BCUT2D eigenvalue weighted by atomic mass is 10.0. The summed E-state index contributed by atoms with van der Waals surface area (Å²) in [6.45, 7) is 0. The third-order valence-corrected chi connectivity index (χ3v) is 3.93. The minimum Gasteiger partial charge on any atom is -0.258 e. The van der Waals surface area contributed by atoms with E-state index in [1.165, 1.54) is 29.5 Å². The van der Waals surface area contributed by atoms with Gasteiger partial charge in [-0.1, -0.05) is 12.1 Å². The quantitative estimate of drug-likeness (QED) is 0.542. The minimum absolute atomic E-state index is 0.0283. The Morgan fingerprint density at radius 1 is 1.25 bits per heavy atom. The lowest BCUT2D eigenvalue weighted by Gasteiger charge is -2.04. The van der Waals surface area contributed by atoms with Gasteiger partial charge in [-0.25, -0.2) is 9.37 Å². The predicted octanol–water partition coefficient (Wildman–Crippen LogP) is 3.93. The van der Waals surface area contributed by atoms with E-state index in [1.54, 1.807) is 23.7 Å². The van der Waals surface area contributed by atoms with Gasteiger partial charge in [0.05, 0.1) is 20.7 Å². The van der Waals surface area contributed by atoms with E-state index in [1.807, 2.05) is 0 Å². The molecule has 0 amide bonds. The lowest BCUT2D eigenvalue weighted by Crippen LogP contribution is -1.93. The molecule has 1 aromatic heterocycles. The average Bonchev–Trinajstić information content (AvgIpc) is 2.89. The summed E-state index contributed by atoms with van der Waals surface area (Å²) in [6, 6.07) is 9.17. The van der Waals surface area contributed by atoms with Crippen LogP contribution < -0.4 is 0 Å². The Morgan fingerprint density at radius 2 is 2.00 bits per heavy atom.